The number of carbonyl (C=O) groups is 1. The SMILES string of the molecule is C=CC[C@]12C=C[C@H](C[C@@]1(C=O)COC)[C@@H]1COC(C)(C)O[C@@H]12. The zero-order valence-corrected chi connectivity index (χ0v) is 13.7. The van der Waals surface area contributed by atoms with Gasteiger partial charge in [0.2, 0.25) is 0 Å². The molecule has 0 aromatic rings. The Morgan fingerprint density at radius 3 is 2.86 bits per heavy atom. The Kier molecular flexibility index (Phi) is 3.83. The van der Waals surface area contributed by atoms with Crippen LogP contribution in [0.25, 0.3) is 0 Å². The van der Waals surface area contributed by atoms with Crippen molar-refractivity contribution in [2.75, 3.05) is 20.3 Å². The third-order valence-corrected chi connectivity index (χ3v) is 5.76. The van der Waals surface area contributed by atoms with Crippen LogP contribution in [-0.4, -0.2) is 38.5 Å². The van der Waals surface area contributed by atoms with Crippen LogP contribution in [0.1, 0.15) is 26.7 Å². The van der Waals surface area contributed by atoms with E-state index in [1.165, 1.54) is 0 Å². The van der Waals surface area contributed by atoms with E-state index in [-0.39, 0.29) is 6.10 Å². The van der Waals surface area contributed by atoms with Gasteiger partial charge in [-0.2, -0.15) is 0 Å². The number of methoxy groups -OCH3 is 1. The summed E-state index contributed by atoms with van der Waals surface area (Å²) in [6, 6.07) is 0. The molecule has 0 aromatic heterocycles. The quantitative estimate of drug-likeness (QED) is 0.579. The van der Waals surface area contributed by atoms with Gasteiger partial charge in [0.1, 0.15) is 6.29 Å². The predicted octanol–water partition coefficient (Wildman–Crippen LogP) is 2.74. The molecule has 0 unspecified atom stereocenters. The Bertz CT molecular complexity index is 497. The van der Waals surface area contributed by atoms with Crippen LogP contribution < -0.4 is 0 Å². The van der Waals surface area contributed by atoms with Crippen molar-refractivity contribution in [3.8, 4) is 0 Å². The van der Waals surface area contributed by atoms with Crippen LogP contribution in [0, 0.1) is 22.7 Å². The van der Waals surface area contributed by atoms with Crippen molar-refractivity contribution >= 4 is 6.29 Å². The zero-order chi connectivity index (χ0) is 16.0. The van der Waals surface area contributed by atoms with Gasteiger partial charge in [-0.1, -0.05) is 18.2 Å². The van der Waals surface area contributed by atoms with Crippen LogP contribution >= 0.6 is 0 Å². The van der Waals surface area contributed by atoms with Crippen LogP contribution in [0.3, 0.4) is 0 Å². The van der Waals surface area contributed by atoms with E-state index in [9.17, 15) is 4.79 Å². The topological polar surface area (TPSA) is 44.8 Å². The standard InChI is InChI=1S/C18H26O4/c1-5-7-18-8-6-13(9-17(18,11-19)12-20-4)14-10-21-16(2,3)22-15(14)18/h5-6,8,11,13-15H,1,7,9-10,12H2,2-4H3/t13-,14+,15+,17-,18-/m1/s1. The van der Waals surface area contributed by atoms with Gasteiger partial charge in [-0.05, 0) is 32.6 Å². The molecule has 0 amide bonds. The summed E-state index contributed by atoms with van der Waals surface area (Å²) >= 11 is 0. The lowest BCUT2D eigenvalue weighted by Crippen LogP contribution is -2.67. The molecule has 4 aliphatic rings. The van der Waals surface area contributed by atoms with Gasteiger partial charge in [-0.25, -0.2) is 0 Å². The van der Waals surface area contributed by atoms with Gasteiger partial charge >= 0.3 is 0 Å². The second-order valence-corrected chi connectivity index (χ2v) is 7.38. The maximum Gasteiger partial charge on any atom is 0.163 e. The number of hydrogen-bond donors (Lipinski definition) is 0. The van der Waals surface area contributed by atoms with Crippen molar-refractivity contribution < 1.29 is 19.0 Å². The van der Waals surface area contributed by atoms with Crippen molar-refractivity contribution in [1.29, 1.82) is 0 Å². The van der Waals surface area contributed by atoms with E-state index in [0.717, 1.165) is 12.7 Å². The highest BCUT2D eigenvalue weighted by Gasteiger charge is 2.65. The maximum atomic E-state index is 12.1. The van der Waals surface area contributed by atoms with E-state index in [1.54, 1.807) is 7.11 Å². The van der Waals surface area contributed by atoms with E-state index >= 15 is 0 Å². The molecule has 4 heteroatoms. The molecule has 1 saturated heterocycles. The Morgan fingerprint density at radius 2 is 2.23 bits per heavy atom. The van der Waals surface area contributed by atoms with Crippen LogP contribution in [0.2, 0.25) is 0 Å². The van der Waals surface area contributed by atoms with Gasteiger partial charge < -0.3 is 19.0 Å². The Morgan fingerprint density at radius 1 is 1.45 bits per heavy atom. The fraction of sp³-hybridized carbons (Fsp3) is 0.722. The normalized spacial score (nSPS) is 45.3. The Balaban J connectivity index is 2.10. The highest BCUT2D eigenvalue weighted by Crippen LogP contribution is 2.63. The first-order valence-electron chi connectivity index (χ1n) is 8.01. The molecule has 0 N–H and O–H groups in total. The molecule has 4 rings (SSSR count). The average Bonchev–Trinajstić information content (AvgIpc) is 2.48. The third kappa shape index (κ3) is 2.04. The summed E-state index contributed by atoms with van der Waals surface area (Å²) in [5.74, 6) is -0.0291. The summed E-state index contributed by atoms with van der Waals surface area (Å²) in [7, 11) is 1.66. The molecular formula is C18H26O4. The molecule has 1 saturated carbocycles. The van der Waals surface area contributed by atoms with Crippen LogP contribution in [0.5, 0.6) is 0 Å². The highest BCUT2D eigenvalue weighted by molar-refractivity contribution is 5.64. The van der Waals surface area contributed by atoms with Gasteiger partial charge in [0.25, 0.3) is 0 Å². The van der Waals surface area contributed by atoms with E-state index in [4.69, 9.17) is 14.2 Å². The van der Waals surface area contributed by atoms with Gasteiger partial charge in [0.15, 0.2) is 5.79 Å². The van der Waals surface area contributed by atoms with Crippen LogP contribution in [0.15, 0.2) is 24.8 Å². The molecule has 0 spiro atoms. The molecule has 0 radical (unpaired) electrons. The number of rotatable bonds is 5. The van der Waals surface area contributed by atoms with Crippen LogP contribution in [-0.2, 0) is 19.0 Å². The summed E-state index contributed by atoms with van der Waals surface area (Å²) in [4.78, 5) is 12.1. The first-order chi connectivity index (χ1) is 10.4. The fourth-order valence-corrected chi connectivity index (χ4v) is 4.73. The smallest absolute Gasteiger partial charge is 0.163 e. The van der Waals surface area contributed by atoms with E-state index in [2.05, 4.69) is 18.7 Å². The molecule has 2 bridgehead atoms. The van der Waals surface area contributed by atoms with Crippen molar-refractivity contribution in [2.45, 2.75) is 38.6 Å². The highest BCUT2D eigenvalue weighted by atomic mass is 16.7. The lowest BCUT2D eigenvalue weighted by molar-refractivity contribution is -0.338. The first kappa shape index (κ1) is 15.9. The van der Waals surface area contributed by atoms with Crippen molar-refractivity contribution in [2.24, 2.45) is 22.7 Å². The minimum atomic E-state index is -0.623. The summed E-state index contributed by atoms with van der Waals surface area (Å²) in [5.41, 5.74) is -0.947. The zero-order valence-electron chi connectivity index (χ0n) is 13.7. The van der Waals surface area contributed by atoms with Crippen molar-refractivity contribution in [3.63, 3.8) is 0 Å². The van der Waals surface area contributed by atoms with Gasteiger partial charge in [0.05, 0.1) is 24.7 Å². The molecule has 122 valence electrons. The second kappa shape index (κ2) is 5.29. The monoisotopic (exact) mass is 306 g/mol. The third-order valence-electron chi connectivity index (χ3n) is 5.76. The molecular weight excluding hydrogens is 280 g/mol. The lowest BCUT2D eigenvalue weighted by Gasteiger charge is -2.63. The lowest BCUT2D eigenvalue weighted by atomic mass is 9.45. The summed E-state index contributed by atoms with van der Waals surface area (Å²) < 4.78 is 17.7. The van der Waals surface area contributed by atoms with E-state index in [1.807, 2.05) is 19.9 Å². The van der Waals surface area contributed by atoms with Crippen molar-refractivity contribution in [1.82, 2.24) is 0 Å². The molecule has 2 fully saturated rings. The van der Waals surface area contributed by atoms with E-state index < -0.39 is 16.6 Å². The molecule has 1 aliphatic heterocycles. The van der Waals surface area contributed by atoms with Gasteiger partial charge in [-0.15, -0.1) is 6.58 Å². The van der Waals surface area contributed by atoms with Gasteiger partial charge in [0, 0.05) is 18.4 Å². The summed E-state index contributed by atoms with van der Waals surface area (Å²) in [5, 5.41) is 0. The first-order valence-corrected chi connectivity index (χ1v) is 8.01. The number of hydrogen-bond acceptors (Lipinski definition) is 4. The molecule has 0 aromatic carbocycles. The van der Waals surface area contributed by atoms with E-state index in [0.29, 0.717) is 31.5 Å². The molecule has 22 heavy (non-hydrogen) atoms. The number of ether oxygens (including phenoxy) is 3. The largest absolute Gasteiger partial charge is 0.384 e. The summed E-state index contributed by atoms with van der Waals surface area (Å²) in [6.45, 7) is 8.89. The average molecular weight is 306 g/mol. The number of aldehydes is 1. The predicted molar refractivity (Wildman–Crippen MR) is 83.3 cm³/mol. The number of allylic oxidation sites excluding steroid dienone is 2. The molecule has 3 aliphatic carbocycles. The van der Waals surface area contributed by atoms with Crippen LogP contribution in [0.4, 0.5) is 0 Å². The minimum Gasteiger partial charge on any atom is -0.384 e. The maximum absolute atomic E-state index is 12.1. The van der Waals surface area contributed by atoms with Gasteiger partial charge in [-0.3, -0.25) is 0 Å². The fourth-order valence-electron chi connectivity index (χ4n) is 4.73. The second-order valence-electron chi connectivity index (χ2n) is 7.38. The minimum absolute atomic E-state index is 0.0432. The Hall–Kier alpha value is -0.970. The molecule has 4 nitrogen and oxygen atoms in total. The number of fused-ring (bicyclic) bond motifs is 1. The summed E-state index contributed by atoms with van der Waals surface area (Å²) in [6.07, 6.45) is 8.88. The Labute approximate surface area is 132 Å². The molecule has 1 heterocycles. The number of carbonyl (C=O) groups excluding carboxylic acids is 1. The van der Waals surface area contributed by atoms with Crippen molar-refractivity contribution in [3.05, 3.63) is 24.8 Å². The molecule has 5 atom stereocenters.